The van der Waals surface area contributed by atoms with Gasteiger partial charge in [0.2, 0.25) is 0 Å². The van der Waals surface area contributed by atoms with E-state index in [1.807, 2.05) is 0 Å². The van der Waals surface area contributed by atoms with Crippen LogP contribution in [0.4, 0.5) is 0 Å². The summed E-state index contributed by atoms with van der Waals surface area (Å²) in [6, 6.07) is 6.59. The summed E-state index contributed by atoms with van der Waals surface area (Å²) >= 11 is 0. The Hall–Kier alpha value is -1.88. The number of fused-ring (bicyclic) bond motifs is 1. The maximum Gasteiger partial charge on any atom is 0.317 e. The molecule has 1 heterocycles. The van der Waals surface area contributed by atoms with E-state index in [0.717, 1.165) is 0 Å². The summed E-state index contributed by atoms with van der Waals surface area (Å²) in [5.41, 5.74) is -0.0969. The second kappa shape index (κ2) is 3.94. The highest BCUT2D eigenvalue weighted by atomic mass is 16.3. The lowest BCUT2D eigenvalue weighted by Crippen LogP contribution is -2.38. The highest BCUT2D eigenvalue weighted by Gasteiger charge is 2.11. The van der Waals surface area contributed by atoms with Crippen LogP contribution >= 0.6 is 0 Å². The fourth-order valence-electron chi connectivity index (χ4n) is 1.70. The van der Waals surface area contributed by atoms with Gasteiger partial charge in [-0.1, -0.05) is 12.1 Å². The molecule has 5 heteroatoms. The zero-order chi connectivity index (χ0) is 11.7. The Labute approximate surface area is 91.0 Å². The number of aliphatic hydroxyl groups is 1. The van der Waals surface area contributed by atoms with Gasteiger partial charge in [-0.3, -0.25) is 14.2 Å². The van der Waals surface area contributed by atoms with Gasteiger partial charge in [-0.2, -0.15) is 0 Å². The van der Waals surface area contributed by atoms with Crippen LogP contribution in [0.2, 0.25) is 0 Å². The van der Waals surface area contributed by atoms with Gasteiger partial charge < -0.3 is 10.1 Å². The smallest absolute Gasteiger partial charge is 0.317 e. The van der Waals surface area contributed by atoms with Gasteiger partial charge in [0.05, 0.1) is 23.7 Å². The van der Waals surface area contributed by atoms with Crippen molar-refractivity contribution in [1.29, 1.82) is 0 Å². The van der Waals surface area contributed by atoms with Crippen molar-refractivity contribution in [2.45, 2.75) is 13.0 Å². The van der Waals surface area contributed by atoms with Crippen LogP contribution in [0.3, 0.4) is 0 Å². The van der Waals surface area contributed by atoms with Gasteiger partial charge in [-0.15, -0.1) is 0 Å². The van der Waals surface area contributed by atoms with Crippen molar-refractivity contribution in [2.75, 3.05) is 6.61 Å². The van der Waals surface area contributed by atoms with Crippen LogP contribution in [0.5, 0.6) is 0 Å². The summed E-state index contributed by atoms with van der Waals surface area (Å²) in [6.07, 6.45) is 0. The number of nitrogens with one attached hydrogen (secondary N) is 1. The molecule has 2 N–H and O–H groups in total. The van der Waals surface area contributed by atoms with Crippen molar-refractivity contribution < 1.29 is 5.11 Å². The molecule has 0 spiro atoms. The minimum atomic E-state index is -0.668. The van der Waals surface area contributed by atoms with E-state index < -0.39 is 17.2 Å². The number of hydrogen-bond donors (Lipinski definition) is 2. The minimum absolute atomic E-state index is 0.187. The number of aromatic nitrogens is 2. The quantitative estimate of drug-likeness (QED) is 0.712. The zero-order valence-corrected chi connectivity index (χ0v) is 8.80. The first kappa shape index (κ1) is 10.6. The average molecular weight is 220 g/mol. The van der Waals surface area contributed by atoms with Gasteiger partial charge in [0.15, 0.2) is 0 Å². The Morgan fingerprint density at radius 2 is 2.06 bits per heavy atom. The third kappa shape index (κ3) is 1.55. The number of benzene rings is 1. The molecule has 5 nitrogen and oxygen atoms in total. The van der Waals surface area contributed by atoms with E-state index in [9.17, 15) is 9.59 Å². The van der Waals surface area contributed by atoms with E-state index in [2.05, 4.69) is 4.98 Å². The topological polar surface area (TPSA) is 75.1 Å². The predicted molar refractivity (Wildman–Crippen MR) is 60.6 cm³/mol. The molecule has 0 amide bonds. The third-order valence-corrected chi connectivity index (χ3v) is 2.53. The van der Waals surface area contributed by atoms with Crippen LogP contribution < -0.4 is 11.1 Å². The van der Waals surface area contributed by atoms with Gasteiger partial charge in [0.25, 0.3) is 0 Å². The molecule has 0 fully saturated rings. The largest absolute Gasteiger partial charge is 0.394 e. The second-order valence-corrected chi connectivity index (χ2v) is 3.68. The molecule has 0 aliphatic heterocycles. The summed E-state index contributed by atoms with van der Waals surface area (Å²) < 4.78 is 1.31. The Balaban J connectivity index is 2.93. The van der Waals surface area contributed by atoms with E-state index in [1.165, 1.54) is 4.57 Å². The standard InChI is InChI=1S/C11H12N2O3/c1-7(6-14)13-9-5-3-2-4-8(9)12-10(15)11(13)16/h2-5,7,14H,6H2,1H3,(H,12,15). The van der Waals surface area contributed by atoms with Crippen LogP contribution in [-0.4, -0.2) is 21.3 Å². The number of aliphatic hydroxyl groups excluding tert-OH is 1. The molecule has 0 saturated heterocycles. The van der Waals surface area contributed by atoms with Crippen molar-refractivity contribution in [3.8, 4) is 0 Å². The van der Waals surface area contributed by atoms with Crippen molar-refractivity contribution in [3.63, 3.8) is 0 Å². The summed E-state index contributed by atoms with van der Waals surface area (Å²) in [7, 11) is 0. The zero-order valence-electron chi connectivity index (χ0n) is 8.80. The van der Waals surface area contributed by atoms with E-state index in [-0.39, 0.29) is 6.61 Å². The molecule has 0 bridgehead atoms. The number of H-pyrrole nitrogens is 1. The van der Waals surface area contributed by atoms with Crippen LogP contribution in [0.25, 0.3) is 11.0 Å². The Bertz CT molecular complexity index is 627. The molecule has 2 aromatic rings. The molecule has 0 saturated carbocycles. The fourth-order valence-corrected chi connectivity index (χ4v) is 1.70. The summed E-state index contributed by atoms with van der Waals surface area (Å²) in [4.78, 5) is 25.6. The third-order valence-electron chi connectivity index (χ3n) is 2.53. The Kier molecular flexibility index (Phi) is 2.62. The van der Waals surface area contributed by atoms with Gasteiger partial charge in [0.1, 0.15) is 0 Å². The van der Waals surface area contributed by atoms with Crippen LogP contribution in [0, 0.1) is 0 Å². The summed E-state index contributed by atoms with van der Waals surface area (Å²) in [5, 5.41) is 9.09. The molecule has 84 valence electrons. The number of nitrogens with zero attached hydrogens (tertiary/aromatic N) is 1. The molecule has 0 radical (unpaired) electrons. The fraction of sp³-hybridized carbons (Fsp3) is 0.273. The number of para-hydroxylation sites is 2. The van der Waals surface area contributed by atoms with E-state index in [1.54, 1.807) is 31.2 Å². The van der Waals surface area contributed by atoms with Crippen LogP contribution in [-0.2, 0) is 0 Å². The Morgan fingerprint density at radius 3 is 2.75 bits per heavy atom. The van der Waals surface area contributed by atoms with Crippen LogP contribution in [0.15, 0.2) is 33.9 Å². The molecule has 1 unspecified atom stereocenters. The molecular formula is C11H12N2O3. The van der Waals surface area contributed by atoms with E-state index >= 15 is 0 Å². The maximum absolute atomic E-state index is 11.7. The molecule has 1 atom stereocenters. The molecular weight excluding hydrogens is 208 g/mol. The van der Waals surface area contributed by atoms with Gasteiger partial charge in [-0.05, 0) is 19.1 Å². The molecule has 16 heavy (non-hydrogen) atoms. The van der Waals surface area contributed by atoms with Gasteiger partial charge in [0, 0.05) is 0 Å². The Morgan fingerprint density at radius 1 is 1.38 bits per heavy atom. The second-order valence-electron chi connectivity index (χ2n) is 3.68. The molecule has 2 rings (SSSR count). The van der Waals surface area contributed by atoms with Crippen molar-refractivity contribution in [1.82, 2.24) is 9.55 Å². The normalized spacial score (nSPS) is 12.9. The van der Waals surface area contributed by atoms with Crippen molar-refractivity contribution in [2.24, 2.45) is 0 Å². The predicted octanol–water partition coefficient (Wildman–Crippen LogP) is 0.243. The summed E-state index contributed by atoms with van der Waals surface area (Å²) in [6.45, 7) is 1.50. The lowest BCUT2D eigenvalue weighted by Gasteiger charge is -2.14. The number of hydrogen-bond acceptors (Lipinski definition) is 3. The molecule has 0 aliphatic rings. The highest BCUT2D eigenvalue weighted by molar-refractivity contribution is 5.74. The van der Waals surface area contributed by atoms with Crippen molar-refractivity contribution >= 4 is 11.0 Å². The molecule has 1 aromatic carbocycles. The minimum Gasteiger partial charge on any atom is -0.394 e. The van der Waals surface area contributed by atoms with Gasteiger partial charge >= 0.3 is 11.1 Å². The highest BCUT2D eigenvalue weighted by Crippen LogP contribution is 2.11. The van der Waals surface area contributed by atoms with Crippen LogP contribution in [0.1, 0.15) is 13.0 Å². The van der Waals surface area contributed by atoms with E-state index in [0.29, 0.717) is 11.0 Å². The lowest BCUT2D eigenvalue weighted by atomic mass is 10.2. The first-order valence-corrected chi connectivity index (χ1v) is 4.99. The maximum atomic E-state index is 11.7. The first-order valence-electron chi connectivity index (χ1n) is 4.99. The van der Waals surface area contributed by atoms with Crippen molar-refractivity contribution in [3.05, 3.63) is 45.0 Å². The number of aromatic amines is 1. The van der Waals surface area contributed by atoms with Gasteiger partial charge in [-0.25, -0.2) is 0 Å². The SMILES string of the molecule is CC(CO)n1c(=O)c(=O)[nH]c2ccccc21. The summed E-state index contributed by atoms with van der Waals surface area (Å²) in [5.74, 6) is 0. The monoisotopic (exact) mass is 220 g/mol. The number of rotatable bonds is 2. The lowest BCUT2D eigenvalue weighted by molar-refractivity contribution is 0.239. The average Bonchev–Trinajstić information content (AvgIpc) is 2.30. The molecule has 0 aliphatic carbocycles. The van der Waals surface area contributed by atoms with E-state index in [4.69, 9.17) is 5.11 Å². The first-order chi connectivity index (χ1) is 7.65. The molecule has 1 aromatic heterocycles.